The third-order valence-corrected chi connectivity index (χ3v) is 3.43. The van der Waals surface area contributed by atoms with E-state index in [1.165, 1.54) is 13.2 Å². The summed E-state index contributed by atoms with van der Waals surface area (Å²) in [4.78, 5) is 24.4. The van der Waals surface area contributed by atoms with E-state index in [9.17, 15) is 14.7 Å². The second-order valence-corrected chi connectivity index (χ2v) is 6.50. The largest absolute Gasteiger partial charge is 0.504 e. The van der Waals surface area contributed by atoms with Crippen LogP contribution < -0.4 is 15.4 Å². The molecule has 24 heavy (non-hydrogen) atoms. The van der Waals surface area contributed by atoms with E-state index in [0.717, 1.165) is 0 Å². The van der Waals surface area contributed by atoms with Crippen molar-refractivity contribution in [1.29, 1.82) is 0 Å². The minimum Gasteiger partial charge on any atom is -0.504 e. The van der Waals surface area contributed by atoms with Gasteiger partial charge in [0.15, 0.2) is 11.5 Å². The topological polar surface area (TPSA) is 96.9 Å². The summed E-state index contributed by atoms with van der Waals surface area (Å²) in [5, 5.41) is 15.0. The zero-order valence-corrected chi connectivity index (χ0v) is 14.4. The number of carbonyl (C=O) groups is 2. The van der Waals surface area contributed by atoms with Crippen molar-refractivity contribution in [2.24, 2.45) is 0 Å². The van der Waals surface area contributed by atoms with Gasteiger partial charge in [-0.1, -0.05) is 6.07 Å². The smallest absolute Gasteiger partial charge is 0.338 e. The number of rotatable bonds is 3. The molecular weight excluding hydrogens is 312 g/mol. The van der Waals surface area contributed by atoms with E-state index in [-0.39, 0.29) is 11.5 Å². The third-order valence-electron chi connectivity index (χ3n) is 3.43. The van der Waals surface area contributed by atoms with Crippen LogP contribution in [-0.4, -0.2) is 29.8 Å². The summed E-state index contributed by atoms with van der Waals surface area (Å²) >= 11 is 0. The summed E-state index contributed by atoms with van der Waals surface area (Å²) in [5.74, 6) is -0.299. The van der Waals surface area contributed by atoms with Crippen LogP contribution in [0.15, 0.2) is 29.5 Å². The molecule has 130 valence electrons. The first-order valence-electron chi connectivity index (χ1n) is 7.51. The number of allylic oxidation sites excluding steroid dienone is 1. The van der Waals surface area contributed by atoms with Crippen LogP contribution in [0.25, 0.3) is 0 Å². The Morgan fingerprint density at radius 2 is 1.96 bits per heavy atom. The molecule has 1 aromatic rings. The van der Waals surface area contributed by atoms with Crippen molar-refractivity contribution >= 4 is 12.0 Å². The zero-order valence-electron chi connectivity index (χ0n) is 14.4. The third kappa shape index (κ3) is 3.79. The highest BCUT2D eigenvalue weighted by atomic mass is 16.6. The summed E-state index contributed by atoms with van der Waals surface area (Å²) in [7, 11) is 1.43. The first kappa shape index (κ1) is 17.7. The monoisotopic (exact) mass is 334 g/mol. The Balaban J connectivity index is 2.47. The fourth-order valence-corrected chi connectivity index (χ4v) is 2.42. The highest BCUT2D eigenvalue weighted by Gasteiger charge is 2.34. The normalized spacial score (nSPS) is 17.9. The van der Waals surface area contributed by atoms with Gasteiger partial charge in [-0.3, -0.25) is 0 Å². The quantitative estimate of drug-likeness (QED) is 0.737. The molecule has 0 aliphatic carbocycles. The van der Waals surface area contributed by atoms with Gasteiger partial charge in [0.25, 0.3) is 0 Å². The Kier molecular flexibility index (Phi) is 4.73. The van der Waals surface area contributed by atoms with Crippen LogP contribution in [0, 0.1) is 0 Å². The molecule has 0 saturated carbocycles. The van der Waals surface area contributed by atoms with Gasteiger partial charge in [0.05, 0.1) is 18.7 Å². The van der Waals surface area contributed by atoms with Crippen molar-refractivity contribution in [3.05, 3.63) is 35.0 Å². The lowest BCUT2D eigenvalue weighted by molar-refractivity contribution is -0.150. The lowest BCUT2D eigenvalue weighted by atomic mass is 9.95. The van der Waals surface area contributed by atoms with Crippen LogP contribution >= 0.6 is 0 Å². The predicted octanol–water partition coefficient (Wildman–Crippen LogP) is 2.37. The predicted molar refractivity (Wildman–Crippen MR) is 87.6 cm³/mol. The molecule has 0 unspecified atom stereocenters. The highest BCUT2D eigenvalue weighted by Crippen LogP contribution is 2.34. The summed E-state index contributed by atoms with van der Waals surface area (Å²) in [6.45, 7) is 6.96. The standard InChI is InChI=1S/C17H22N2O5/c1-9-13(15(21)24-17(2,3)4)14(19-16(22)18-9)10-6-7-11(20)12(8-10)23-5/h6-8,14,20H,1-5H3,(H2,18,19,22)/t14-/m0/s1. The van der Waals surface area contributed by atoms with Gasteiger partial charge in [0, 0.05) is 5.70 Å². The van der Waals surface area contributed by atoms with Crippen LogP contribution in [0.4, 0.5) is 4.79 Å². The molecule has 0 radical (unpaired) electrons. The lowest BCUT2D eigenvalue weighted by Gasteiger charge is -2.30. The van der Waals surface area contributed by atoms with Crippen molar-refractivity contribution in [1.82, 2.24) is 10.6 Å². The number of methoxy groups -OCH3 is 1. The van der Waals surface area contributed by atoms with E-state index in [4.69, 9.17) is 9.47 Å². The van der Waals surface area contributed by atoms with Crippen LogP contribution in [0.5, 0.6) is 11.5 Å². The minimum absolute atomic E-state index is 0.0268. The number of phenols is 1. The van der Waals surface area contributed by atoms with Crippen molar-refractivity contribution < 1.29 is 24.2 Å². The summed E-state index contributed by atoms with van der Waals surface area (Å²) < 4.78 is 10.5. The lowest BCUT2D eigenvalue weighted by Crippen LogP contribution is -2.46. The van der Waals surface area contributed by atoms with E-state index >= 15 is 0 Å². The molecule has 1 aliphatic heterocycles. The van der Waals surface area contributed by atoms with Crippen molar-refractivity contribution in [2.45, 2.75) is 39.3 Å². The fraction of sp³-hybridized carbons (Fsp3) is 0.412. The highest BCUT2D eigenvalue weighted by molar-refractivity contribution is 5.95. The average Bonchev–Trinajstić information content (AvgIpc) is 2.44. The first-order chi connectivity index (χ1) is 11.1. The number of urea groups is 1. The number of nitrogens with one attached hydrogen (secondary N) is 2. The van der Waals surface area contributed by atoms with E-state index < -0.39 is 23.6 Å². The van der Waals surface area contributed by atoms with Crippen molar-refractivity contribution in [3.63, 3.8) is 0 Å². The molecule has 1 atom stereocenters. The van der Waals surface area contributed by atoms with Gasteiger partial charge in [-0.25, -0.2) is 9.59 Å². The molecule has 3 N–H and O–H groups in total. The molecule has 0 bridgehead atoms. The maximum absolute atomic E-state index is 12.6. The van der Waals surface area contributed by atoms with E-state index in [0.29, 0.717) is 16.8 Å². The molecule has 0 fully saturated rings. The molecule has 1 aliphatic rings. The van der Waals surface area contributed by atoms with E-state index in [1.807, 2.05) is 0 Å². The van der Waals surface area contributed by atoms with Crippen LogP contribution in [0.2, 0.25) is 0 Å². The number of benzene rings is 1. The molecule has 0 spiro atoms. The Hall–Kier alpha value is -2.70. The molecule has 7 nitrogen and oxygen atoms in total. The molecule has 1 aromatic carbocycles. The molecule has 2 rings (SSSR count). The van der Waals surface area contributed by atoms with Gasteiger partial charge >= 0.3 is 12.0 Å². The van der Waals surface area contributed by atoms with Gasteiger partial charge in [0.2, 0.25) is 0 Å². The zero-order chi connectivity index (χ0) is 18.1. The fourth-order valence-electron chi connectivity index (χ4n) is 2.42. The van der Waals surface area contributed by atoms with Crippen molar-refractivity contribution in [3.8, 4) is 11.5 Å². The van der Waals surface area contributed by atoms with E-state index in [1.54, 1.807) is 39.8 Å². The van der Waals surface area contributed by atoms with Crippen LogP contribution in [0.3, 0.4) is 0 Å². The van der Waals surface area contributed by atoms with E-state index in [2.05, 4.69) is 10.6 Å². The average molecular weight is 334 g/mol. The summed E-state index contributed by atoms with van der Waals surface area (Å²) in [6.07, 6.45) is 0. The second-order valence-electron chi connectivity index (χ2n) is 6.50. The molecule has 7 heteroatoms. The molecule has 0 saturated heterocycles. The number of hydrogen-bond donors (Lipinski definition) is 3. The van der Waals surface area contributed by atoms with Gasteiger partial charge in [-0.15, -0.1) is 0 Å². The number of aromatic hydroxyl groups is 1. The van der Waals surface area contributed by atoms with Crippen LogP contribution in [-0.2, 0) is 9.53 Å². The molecule has 2 amide bonds. The number of amides is 2. The van der Waals surface area contributed by atoms with Gasteiger partial charge in [-0.2, -0.15) is 0 Å². The van der Waals surface area contributed by atoms with Crippen LogP contribution in [0.1, 0.15) is 39.3 Å². The summed E-state index contributed by atoms with van der Waals surface area (Å²) in [5.41, 5.74) is 0.658. The number of hydrogen-bond acceptors (Lipinski definition) is 5. The molecule has 1 heterocycles. The Morgan fingerprint density at radius 1 is 1.29 bits per heavy atom. The maximum atomic E-state index is 12.6. The Labute approximate surface area is 140 Å². The maximum Gasteiger partial charge on any atom is 0.338 e. The summed E-state index contributed by atoms with van der Waals surface area (Å²) in [6, 6.07) is 3.51. The second kappa shape index (κ2) is 6.43. The number of esters is 1. The first-order valence-corrected chi connectivity index (χ1v) is 7.51. The van der Waals surface area contributed by atoms with Gasteiger partial charge in [-0.05, 0) is 45.4 Å². The molecular formula is C17H22N2O5. The van der Waals surface area contributed by atoms with Gasteiger partial charge < -0.3 is 25.2 Å². The minimum atomic E-state index is -0.705. The Morgan fingerprint density at radius 3 is 2.54 bits per heavy atom. The molecule has 0 aromatic heterocycles. The number of ether oxygens (including phenoxy) is 2. The van der Waals surface area contributed by atoms with Gasteiger partial charge in [0.1, 0.15) is 5.60 Å². The number of carbonyl (C=O) groups excluding carboxylic acids is 2. The Bertz CT molecular complexity index is 703. The van der Waals surface area contributed by atoms with Crippen molar-refractivity contribution in [2.75, 3.05) is 7.11 Å². The number of phenolic OH excluding ortho intramolecular Hbond substituents is 1. The SMILES string of the molecule is COc1cc([C@@H]2NC(=O)NC(C)=C2C(=O)OC(C)(C)C)ccc1O.